The summed E-state index contributed by atoms with van der Waals surface area (Å²) in [6.45, 7) is 0. The Kier molecular flexibility index (Phi) is 3.76. The van der Waals surface area contributed by atoms with E-state index in [0.29, 0.717) is 6.42 Å². The largest absolute Gasteiger partial charge is 0.382 e. The van der Waals surface area contributed by atoms with Crippen molar-refractivity contribution in [3.8, 4) is 5.75 Å². The number of halogens is 1. The van der Waals surface area contributed by atoms with Crippen molar-refractivity contribution in [3.63, 3.8) is 0 Å². The molecule has 20 heavy (non-hydrogen) atoms. The second-order valence-electron chi connectivity index (χ2n) is 4.44. The van der Waals surface area contributed by atoms with E-state index >= 15 is 0 Å². The van der Waals surface area contributed by atoms with Crippen LogP contribution in [0.1, 0.15) is 11.4 Å². The topological polar surface area (TPSA) is 34.2 Å². The van der Waals surface area contributed by atoms with Gasteiger partial charge in [0.15, 0.2) is 5.75 Å². The summed E-state index contributed by atoms with van der Waals surface area (Å²) in [4.78, 5) is 9.24. The van der Waals surface area contributed by atoms with Crippen LogP contribution in [-0.4, -0.2) is 4.98 Å². The minimum atomic E-state index is -0.592. The molecule has 1 unspecified atom stereocenters. The lowest BCUT2D eigenvalue weighted by Gasteiger charge is -2.25. The molecule has 0 saturated carbocycles. The van der Waals surface area contributed by atoms with E-state index < -0.39 is 4.87 Å². The Labute approximate surface area is 126 Å². The van der Waals surface area contributed by atoms with E-state index in [-0.39, 0.29) is 0 Å². The molecular weight excluding hydrogens is 292 g/mol. The monoisotopic (exact) mass is 304 g/mol. The molecule has 0 spiro atoms. The van der Waals surface area contributed by atoms with Crippen molar-refractivity contribution in [1.82, 2.24) is 10.5 Å². The maximum absolute atomic E-state index is 6.64. The summed E-state index contributed by atoms with van der Waals surface area (Å²) in [6.07, 6.45) is 8.22. The summed E-state index contributed by atoms with van der Waals surface area (Å²) in [5.41, 5.74) is 3.88. The molecule has 0 bridgehead atoms. The number of hydroxylamine groups is 1. The summed E-state index contributed by atoms with van der Waals surface area (Å²) < 4.78 is 0. The van der Waals surface area contributed by atoms with E-state index in [1.807, 2.05) is 53.9 Å². The zero-order valence-electron chi connectivity index (χ0n) is 10.6. The third kappa shape index (κ3) is 2.86. The van der Waals surface area contributed by atoms with E-state index in [1.165, 1.54) is 0 Å². The van der Waals surface area contributed by atoms with Crippen LogP contribution in [0.4, 0.5) is 0 Å². The predicted molar refractivity (Wildman–Crippen MR) is 81.7 cm³/mol. The van der Waals surface area contributed by atoms with Crippen molar-refractivity contribution >= 4 is 22.9 Å². The number of allylic oxidation sites excluding steroid dienone is 4. The molecule has 102 valence electrons. The van der Waals surface area contributed by atoms with Gasteiger partial charge in [-0.05, 0) is 18.2 Å². The van der Waals surface area contributed by atoms with Crippen molar-refractivity contribution in [3.05, 3.63) is 70.8 Å². The summed E-state index contributed by atoms with van der Waals surface area (Å²) in [5, 5.41) is 2.82. The van der Waals surface area contributed by atoms with Crippen LogP contribution in [0, 0.1) is 0 Å². The van der Waals surface area contributed by atoms with Gasteiger partial charge in [-0.25, -0.2) is 10.5 Å². The summed E-state index contributed by atoms with van der Waals surface area (Å²) in [6, 6.07) is 9.57. The summed E-state index contributed by atoms with van der Waals surface area (Å²) >= 11 is 8.20. The molecule has 0 aliphatic heterocycles. The van der Waals surface area contributed by atoms with Gasteiger partial charge in [0, 0.05) is 18.0 Å². The molecule has 5 heteroatoms. The third-order valence-corrected chi connectivity index (χ3v) is 4.44. The van der Waals surface area contributed by atoms with Gasteiger partial charge in [0.1, 0.15) is 9.88 Å². The molecule has 1 aliphatic rings. The van der Waals surface area contributed by atoms with Gasteiger partial charge in [0.25, 0.3) is 0 Å². The first-order valence-electron chi connectivity index (χ1n) is 6.21. The number of benzene rings is 1. The average Bonchev–Trinajstić information content (AvgIpc) is 3.01. The van der Waals surface area contributed by atoms with Crippen LogP contribution in [0.5, 0.6) is 5.75 Å². The van der Waals surface area contributed by atoms with Crippen molar-refractivity contribution < 1.29 is 4.84 Å². The van der Waals surface area contributed by atoms with Crippen LogP contribution in [0.25, 0.3) is 0 Å². The highest BCUT2D eigenvalue weighted by Gasteiger charge is 2.32. The molecule has 3 rings (SSSR count). The Balaban J connectivity index is 1.67. The molecule has 0 saturated heterocycles. The molecular formula is C15H13ClN2OS. The fraction of sp³-hybridized carbons (Fsp3) is 0.133. The van der Waals surface area contributed by atoms with Crippen LogP contribution in [0.15, 0.2) is 65.8 Å². The van der Waals surface area contributed by atoms with Crippen LogP contribution in [0.2, 0.25) is 0 Å². The maximum Gasteiger partial charge on any atom is 0.155 e. The van der Waals surface area contributed by atoms with E-state index in [0.717, 1.165) is 16.5 Å². The highest BCUT2D eigenvalue weighted by atomic mass is 35.5. The maximum atomic E-state index is 6.64. The van der Waals surface area contributed by atoms with Crippen molar-refractivity contribution in [1.29, 1.82) is 0 Å². The van der Waals surface area contributed by atoms with Crippen molar-refractivity contribution in [2.75, 3.05) is 0 Å². The van der Waals surface area contributed by atoms with Gasteiger partial charge in [-0.3, -0.25) is 0 Å². The number of nitrogens with one attached hydrogen (secondary N) is 1. The number of hydrogen-bond donors (Lipinski definition) is 1. The number of hydrogen-bond acceptors (Lipinski definition) is 4. The van der Waals surface area contributed by atoms with Gasteiger partial charge in [0.2, 0.25) is 0 Å². The number of nitrogens with zero attached hydrogens (tertiary/aromatic N) is 1. The van der Waals surface area contributed by atoms with Crippen LogP contribution >= 0.6 is 22.9 Å². The summed E-state index contributed by atoms with van der Waals surface area (Å²) in [5.74, 6) is 0.761. The van der Waals surface area contributed by atoms with E-state index in [9.17, 15) is 0 Å². The van der Waals surface area contributed by atoms with Gasteiger partial charge in [-0.2, -0.15) is 0 Å². The molecule has 1 heterocycles. The number of aromatic nitrogens is 1. The molecule has 1 N–H and O–H groups in total. The average molecular weight is 305 g/mol. The lowest BCUT2D eigenvalue weighted by atomic mass is 9.98. The van der Waals surface area contributed by atoms with E-state index in [2.05, 4.69) is 10.5 Å². The lowest BCUT2D eigenvalue weighted by Crippen LogP contribution is -2.26. The fourth-order valence-corrected chi connectivity index (χ4v) is 3.08. The molecule has 0 amide bonds. The highest BCUT2D eigenvalue weighted by Crippen LogP contribution is 2.39. The molecule has 1 aromatic carbocycles. The second kappa shape index (κ2) is 5.69. The Hall–Kier alpha value is -1.78. The normalized spacial score (nSPS) is 21.4. The zero-order valence-corrected chi connectivity index (χ0v) is 12.2. The van der Waals surface area contributed by atoms with Crippen LogP contribution in [0.3, 0.4) is 0 Å². The van der Waals surface area contributed by atoms with Crippen LogP contribution < -0.4 is 10.3 Å². The minimum absolute atomic E-state index is 0.592. The molecule has 2 aromatic rings. The molecule has 3 nitrogen and oxygen atoms in total. The quantitative estimate of drug-likeness (QED) is 0.684. The van der Waals surface area contributed by atoms with E-state index in [4.69, 9.17) is 16.4 Å². The van der Waals surface area contributed by atoms with Crippen molar-refractivity contribution in [2.45, 2.75) is 11.3 Å². The number of para-hydroxylation sites is 1. The zero-order chi connectivity index (χ0) is 13.8. The first-order valence-corrected chi connectivity index (χ1v) is 7.47. The van der Waals surface area contributed by atoms with Crippen LogP contribution in [-0.2, 0) is 4.87 Å². The Bertz CT molecular complexity index is 625. The number of rotatable bonds is 4. The SMILES string of the molecule is ClC1(c2nccs2)C=CC=C(NOc2ccccc2)C1. The standard InChI is InChI=1S/C15H13ClN2OS/c16-15(14-17-9-10-20-14)8-4-5-12(11-15)18-19-13-6-2-1-3-7-13/h1-10,18H,11H2. The Morgan fingerprint density at radius 3 is 2.90 bits per heavy atom. The van der Waals surface area contributed by atoms with Gasteiger partial charge in [-0.15, -0.1) is 22.9 Å². The summed E-state index contributed by atoms with van der Waals surface area (Å²) in [7, 11) is 0. The molecule has 1 aliphatic carbocycles. The smallest absolute Gasteiger partial charge is 0.155 e. The van der Waals surface area contributed by atoms with Gasteiger partial charge in [0.05, 0.1) is 5.70 Å². The second-order valence-corrected chi connectivity index (χ2v) is 6.01. The Morgan fingerprint density at radius 2 is 2.15 bits per heavy atom. The fourth-order valence-electron chi connectivity index (χ4n) is 1.97. The van der Waals surface area contributed by atoms with E-state index in [1.54, 1.807) is 17.5 Å². The molecule has 0 radical (unpaired) electrons. The number of thiazole rings is 1. The first-order chi connectivity index (χ1) is 9.76. The Morgan fingerprint density at radius 1 is 1.30 bits per heavy atom. The van der Waals surface area contributed by atoms with Gasteiger partial charge < -0.3 is 4.84 Å². The van der Waals surface area contributed by atoms with Gasteiger partial charge in [-0.1, -0.05) is 30.4 Å². The molecule has 0 fully saturated rings. The van der Waals surface area contributed by atoms with Crippen molar-refractivity contribution in [2.24, 2.45) is 0 Å². The number of alkyl halides is 1. The molecule has 1 atom stereocenters. The highest BCUT2D eigenvalue weighted by molar-refractivity contribution is 7.10. The predicted octanol–water partition coefficient (Wildman–Crippen LogP) is 4.00. The third-order valence-electron chi connectivity index (χ3n) is 2.94. The molecule has 1 aromatic heterocycles. The first kappa shape index (κ1) is 13.2. The van der Waals surface area contributed by atoms with Gasteiger partial charge >= 0.3 is 0 Å². The minimum Gasteiger partial charge on any atom is -0.382 e. The lowest BCUT2D eigenvalue weighted by molar-refractivity contribution is 0.222.